The highest BCUT2D eigenvalue weighted by molar-refractivity contribution is 8.03. The zero-order valence-corrected chi connectivity index (χ0v) is 8.77. The second-order valence-corrected chi connectivity index (χ2v) is 4.57. The highest BCUT2D eigenvalue weighted by Crippen LogP contribution is 2.32. The third-order valence-electron chi connectivity index (χ3n) is 1.67. The SMILES string of the molecule is C=C(Sc1ccccc1)C(C)(C)O. The number of thioether (sulfide) groups is 1. The van der Waals surface area contributed by atoms with E-state index in [0.717, 1.165) is 9.80 Å². The molecule has 0 aromatic heterocycles. The highest BCUT2D eigenvalue weighted by Gasteiger charge is 2.17. The molecule has 2 heteroatoms. The van der Waals surface area contributed by atoms with Crippen LogP contribution in [0.4, 0.5) is 0 Å². The third kappa shape index (κ3) is 3.25. The Labute approximate surface area is 83.5 Å². The van der Waals surface area contributed by atoms with Gasteiger partial charge in [-0.25, -0.2) is 0 Å². The van der Waals surface area contributed by atoms with Crippen molar-refractivity contribution in [3.8, 4) is 0 Å². The Hall–Kier alpha value is -0.730. The van der Waals surface area contributed by atoms with E-state index in [-0.39, 0.29) is 0 Å². The first-order chi connectivity index (χ1) is 6.00. The summed E-state index contributed by atoms with van der Waals surface area (Å²) in [5.74, 6) is 0. The van der Waals surface area contributed by atoms with Crippen molar-refractivity contribution in [2.75, 3.05) is 0 Å². The molecule has 1 nitrogen and oxygen atoms in total. The Bertz CT molecular complexity index is 285. The molecule has 0 amide bonds. The number of aliphatic hydroxyl groups is 1. The summed E-state index contributed by atoms with van der Waals surface area (Å²) in [6.07, 6.45) is 0. The Morgan fingerprint density at radius 2 is 1.85 bits per heavy atom. The Morgan fingerprint density at radius 1 is 1.31 bits per heavy atom. The molecular formula is C11H14OS. The van der Waals surface area contributed by atoms with Gasteiger partial charge in [-0.15, -0.1) is 0 Å². The molecule has 1 N–H and O–H groups in total. The molecule has 1 rings (SSSR count). The van der Waals surface area contributed by atoms with Crippen molar-refractivity contribution in [2.45, 2.75) is 24.3 Å². The second kappa shape index (κ2) is 3.99. The van der Waals surface area contributed by atoms with Gasteiger partial charge >= 0.3 is 0 Å². The molecule has 0 unspecified atom stereocenters. The monoisotopic (exact) mass is 194 g/mol. The molecule has 0 aliphatic rings. The first kappa shape index (κ1) is 10.4. The topological polar surface area (TPSA) is 20.2 Å². The molecule has 1 aromatic rings. The van der Waals surface area contributed by atoms with E-state index in [1.54, 1.807) is 13.8 Å². The minimum Gasteiger partial charge on any atom is -0.385 e. The molecule has 0 atom stereocenters. The fourth-order valence-corrected chi connectivity index (χ4v) is 1.58. The van der Waals surface area contributed by atoms with Crippen molar-refractivity contribution >= 4 is 11.8 Å². The third-order valence-corrected chi connectivity index (χ3v) is 2.92. The molecule has 0 saturated carbocycles. The van der Waals surface area contributed by atoms with Crippen LogP contribution in [0.3, 0.4) is 0 Å². The molecule has 70 valence electrons. The van der Waals surface area contributed by atoms with Gasteiger partial charge in [-0.05, 0) is 26.0 Å². The van der Waals surface area contributed by atoms with Crippen LogP contribution in [0.2, 0.25) is 0 Å². The maximum absolute atomic E-state index is 9.63. The van der Waals surface area contributed by atoms with Crippen molar-refractivity contribution in [3.63, 3.8) is 0 Å². The van der Waals surface area contributed by atoms with E-state index >= 15 is 0 Å². The predicted octanol–water partition coefficient (Wildman–Crippen LogP) is 3.06. The Kier molecular flexibility index (Phi) is 3.17. The fourth-order valence-electron chi connectivity index (χ4n) is 0.756. The van der Waals surface area contributed by atoms with Gasteiger partial charge in [-0.1, -0.05) is 36.5 Å². The van der Waals surface area contributed by atoms with E-state index in [4.69, 9.17) is 0 Å². The van der Waals surface area contributed by atoms with Crippen LogP contribution in [0, 0.1) is 0 Å². The van der Waals surface area contributed by atoms with E-state index in [2.05, 4.69) is 6.58 Å². The molecule has 0 aliphatic heterocycles. The number of hydrogen-bond donors (Lipinski definition) is 1. The van der Waals surface area contributed by atoms with Crippen LogP contribution >= 0.6 is 11.8 Å². The van der Waals surface area contributed by atoms with Gasteiger partial charge in [-0.3, -0.25) is 0 Å². The summed E-state index contributed by atoms with van der Waals surface area (Å²) in [4.78, 5) is 1.87. The van der Waals surface area contributed by atoms with E-state index in [1.807, 2.05) is 30.3 Å². The lowest BCUT2D eigenvalue weighted by Crippen LogP contribution is -2.18. The van der Waals surface area contributed by atoms with Gasteiger partial charge in [0.05, 0.1) is 5.60 Å². The molecule has 1 aromatic carbocycles. The first-order valence-corrected chi connectivity index (χ1v) is 4.96. The van der Waals surface area contributed by atoms with Crippen molar-refractivity contribution in [3.05, 3.63) is 41.8 Å². The average molecular weight is 194 g/mol. The molecule has 0 saturated heterocycles. The second-order valence-electron chi connectivity index (χ2n) is 3.40. The molecular weight excluding hydrogens is 180 g/mol. The zero-order valence-electron chi connectivity index (χ0n) is 7.95. The maximum atomic E-state index is 9.63. The van der Waals surface area contributed by atoms with Crippen LogP contribution in [0.15, 0.2) is 46.7 Å². The molecule has 0 fully saturated rings. The van der Waals surface area contributed by atoms with Crippen LogP contribution in [0.1, 0.15) is 13.8 Å². The Balaban J connectivity index is 2.66. The maximum Gasteiger partial charge on any atom is 0.0896 e. The van der Waals surface area contributed by atoms with Gasteiger partial charge in [0.2, 0.25) is 0 Å². The molecule has 0 aliphatic carbocycles. The standard InChI is InChI=1S/C11H14OS/c1-9(11(2,3)12)13-10-7-5-4-6-8-10/h4-8,12H,1H2,2-3H3. The van der Waals surface area contributed by atoms with Gasteiger partial charge < -0.3 is 5.11 Å². The van der Waals surface area contributed by atoms with Crippen LogP contribution in [0.5, 0.6) is 0 Å². The summed E-state index contributed by atoms with van der Waals surface area (Å²) >= 11 is 1.51. The summed E-state index contributed by atoms with van der Waals surface area (Å²) in [5.41, 5.74) is -0.819. The van der Waals surface area contributed by atoms with Crippen LogP contribution in [0.25, 0.3) is 0 Å². The quantitative estimate of drug-likeness (QED) is 0.746. The Morgan fingerprint density at radius 3 is 2.31 bits per heavy atom. The molecule has 13 heavy (non-hydrogen) atoms. The highest BCUT2D eigenvalue weighted by atomic mass is 32.2. The molecule has 0 spiro atoms. The van der Waals surface area contributed by atoms with Gasteiger partial charge in [0, 0.05) is 9.80 Å². The molecule has 0 bridgehead atoms. The summed E-state index contributed by atoms with van der Waals surface area (Å²) in [7, 11) is 0. The summed E-state index contributed by atoms with van der Waals surface area (Å²) in [6.45, 7) is 7.32. The number of rotatable bonds is 3. The van der Waals surface area contributed by atoms with Gasteiger partial charge in [-0.2, -0.15) is 0 Å². The minimum absolute atomic E-state index is 0.763. The van der Waals surface area contributed by atoms with Crippen LogP contribution in [-0.4, -0.2) is 10.7 Å². The lowest BCUT2D eigenvalue weighted by molar-refractivity contribution is 0.129. The van der Waals surface area contributed by atoms with Crippen molar-refractivity contribution in [2.24, 2.45) is 0 Å². The first-order valence-electron chi connectivity index (χ1n) is 4.15. The lowest BCUT2D eigenvalue weighted by Gasteiger charge is -2.19. The van der Waals surface area contributed by atoms with Crippen LogP contribution in [-0.2, 0) is 0 Å². The number of hydrogen-bond acceptors (Lipinski definition) is 2. The van der Waals surface area contributed by atoms with Crippen molar-refractivity contribution in [1.29, 1.82) is 0 Å². The predicted molar refractivity (Wildman–Crippen MR) is 57.7 cm³/mol. The van der Waals surface area contributed by atoms with Gasteiger partial charge in [0.15, 0.2) is 0 Å². The molecule has 0 radical (unpaired) electrons. The van der Waals surface area contributed by atoms with Crippen molar-refractivity contribution < 1.29 is 5.11 Å². The summed E-state index contributed by atoms with van der Waals surface area (Å²) in [5, 5.41) is 9.63. The minimum atomic E-state index is -0.819. The van der Waals surface area contributed by atoms with Gasteiger partial charge in [0.1, 0.15) is 0 Å². The van der Waals surface area contributed by atoms with Crippen LogP contribution < -0.4 is 0 Å². The molecule has 0 heterocycles. The summed E-state index contributed by atoms with van der Waals surface area (Å²) < 4.78 is 0. The zero-order chi connectivity index (χ0) is 9.90. The largest absolute Gasteiger partial charge is 0.385 e. The lowest BCUT2D eigenvalue weighted by atomic mass is 10.1. The van der Waals surface area contributed by atoms with Gasteiger partial charge in [0.25, 0.3) is 0 Å². The van der Waals surface area contributed by atoms with E-state index < -0.39 is 5.60 Å². The van der Waals surface area contributed by atoms with Crippen molar-refractivity contribution in [1.82, 2.24) is 0 Å². The van der Waals surface area contributed by atoms with E-state index in [0.29, 0.717) is 0 Å². The summed E-state index contributed by atoms with van der Waals surface area (Å²) in [6, 6.07) is 9.92. The number of benzene rings is 1. The van der Waals surface area contributed by atoms with E-state index in [9.17, 15) is 5.11 Å². The van der Waals surface area contributed by atoms with E-state index in [1.165, 1.54) is 11.8 Å². The smallest absolute Gasteiger partial charge is 0.0896 e. The fraction of sp³-hybridized carbons (Fsp3) is 0.273. The normalized spacial score (nSPS) is 11.3. The average Bonchev–Trinajstić information content (AvgIpc) is 2.04.